The number of aromatic nitrogens is 1. The van der Waals surface area contributed by atoms with Crippen LogP contribution in [0.15, 0.2) is 24.3 Å². The lowest BCUT2D eigenvalue weighted by molar-refractivity contribution is 0.0292. The van der Waals surface area contributed by atoms with Crippen molar-refractivity contribution < 1.29 is 14.3 Å². The van der Waals surface area contributed by atoms with Gasteiger partial charge >= 0.3 is 0 Å². The molecule has 1 saturated carbocycles. The lowest BCUT2D eigenvalue weighted by Gasteiger charge is -2.32. The van der Waals surface area contributed by atoms with E-state index in [4.69, 9.17) is 0 Å². The largest absolute Gasteiger partial charge is 0.389 e. The van der Waals surface area contributed by atoms with Crippen molar-refractivity contribution >= 4 is 16.8 Å². The molecular weight excluding hydrogens is 333 g/mol. The Hall–Kier alpha value is -1.92. The molecule has 1 aliphatic heterocycles. The number of aliphatic hydroxyl groups is 1. The summed E-state index contributed by atoms with van der Waals surface area (Å²) in [6.07, 6.45) is 3.59. The van der Waals surface area contributed by atoms with Gasteiger partial charge in [0, 0.05) is 31.0 Å². The highest BCUT2D eigenvalue weighted by Gasteiger charge is 2.42. The highest BCUT2D eigenvalue weighted by Crippen LogP contribution is 2.31. The Morgan fingerprint density at radius 3 is 2.69 bits per heavy atom. The second-order valence-corrected chi connectivity index (χ2v) is 7.65. The molecule has 2 aliphatic rings. The van der Waals surface area contributed by atoms with Crippen molar-refractivity contribution in [2.24, 2.45) is 7.05 Å². The minimum atomic E-state index is -0.519. The Morgan fingerprint density at radius 1 is 1.23 bits per heavy atom. The summed E-state index contributed by atoms with van der Waals surface area (Å²) in [6, 6.07) is 6.25. The zero-order chi connectivity index (χ0) is 18.4. The van der Waals surface area contributed by atoms with Crippen LogP contribution >= 0.6 is 0 Å². The van der Waals surface area contributed by atoms with Gasteiger partial charge < -0.3 is 14.6 Å². The summed E-state index contributed by atoms with van der Waals surface area (Å²) >= 11 is 0. The molecular formula is C20H26FN3O2. The Labute approximate surface area is 153 Å². The number of aliphatic hydroxyl groups excluding tert-OH is 1. The van der Waals surface area contributed by atoms with Crippen molar-refractivity contribution in [1.29, 1.82) is 0 Å². The van der Waals surface area contributed by atoms with E-state index in [9.17, 15) is 14.3 Å². The van der Waals surface area contributed by atoms with Gasteiger partial charge in [-0.3, -0.25) is 9.69 Å². The standard InChI is InChI=1S/C20H26FN3O2/c1-22-15-6-5-14(21)11-13(15)12-18(22)20(26)23(2)16-7-8-17(19(16)25)24-9-3-4-10-24/h5-6,11-12,16-17,19,25H,3-4,7-10H2,1-2H3/t16-,17-,19-/m1/s1. The van der Waals surface area contributed by atoms with E-state index in [0.29, 0.717) is 11.1 Å². The molecule has 2 fully saturated rings. The molecule has 5 nitrogen and oxygen atoms in total. The number of likely N-dealkylation sites (tertiary alicyclic amines) is 1. The topological polar surface area (TPSA) is 48.7 Å². The van der Waals surface area contributed by atoms with Crippen molar-refractivity contribution in [1.82, 2.24) is 14.4 Å². The van der Waals surface area contributed by atoms with Crippen LogP contribution in [0.2, 0.25) is 0 Å². The maximum Gasteiger partial charge on any atom is 0.270 e. The van der Waals surface area contributed by atoms with Gasteiger partial charge in [0.1, 0.15) is 11.5 Å². The third kappa shape index (κ3) is 2.81. The zero-order valence-corrected chi connectivity index (χ0v) is 15.4. The first-order valence-electron chi connectivity index (χ1n) is 9.41. The van der Waals surface area contributed by atoms with E-state index in [0.717, 1.165) is 31.4 Å². The molecule has 0 spiro atoms. The SMILES string of the molecule is CN(C(=O)c1cc2cc(F)ccc2n1C)[C@@H]1CC[C@@H](N2CCCC2)[C@@H]1O. The number of benzene rings is 1. The third-order valence-corrected chi connectivity index (χ3v) is 6.20. The first kappa shape index (κ1) is 17.5. The van der Waals surface area contributed by atoms with Gasteiger partial charge in [0.05, 0.1) is 12.1 Å². The van der Waals surface area contributed by atoms with E-state index >= 15 is 0 Å². The summed E-state index contributed by atoms with van der Waals surface area (Å²) in [7, 11) is 3.58. The van der Waals surface area contributed by atoms with Crippen LogP contribution in [0.5, 0.6) is 0 Å². The molecule has 26 heavy (non-hydrogen) atoms. The number of hydrogen-bond acceptors (Lipinski definition) is 3. The zero-order valence-electron chi connectivity index (χ0n) is 15.4. The highest BCUT2D eigenvalue weighted by molar-refractivity contribution is 5.98. The fourth-order valence-electron chi connectivity index (χ4n) is 4.69. The van der Waals surface area contributed by atoms with Crippen molar-refractivity contribution in [3.63, 3.8) is 0 Å². The van der Waals surface area contributed by atoms with Gasteiger partial charge in [-0.25, -0.2) is 4.39 Å². The van der Waals surface area contributed by atoms with E-state index in [1.165, 1.54) is 25.0 Å². The van der Waals surface area contributed by atoms with Crippen LogP contribution in [-0.2, 0) is 7.05 Å². The first-order valence-corrected chi connectivity index (χ1v) is 9.41. The Kier molecular flexibility index (Phi) is 4.49. The van der Waals surface area contributed by atoms with Crippen molar-refractivity contribution in [3.05, 3.63) is 35.8 Å². The van der Waals surface area contributed by atoms with Crippen molar-refractivity contribution in [2.45, 2.75) is 43.9 Å². The maximum atomic E-state index is 13.5. The van der Waals surface area contributed by atoms with E-state index in [1.807, 2.05) is 7.05 Å². The van der Waals surface area contributed by atoms with Gasteiger partial charge in [-0.2, -0.15) is 0 Å². The number of nitrogens with zero attached hydrogens (tertiary/aromatic N) is 3. The molecule has 4 rings (SSSR count). The van der Waals surface area contributed by atoms with Gasteiger partial charge in [0.15, 0.2) is 0 Å². The van der Waals surface area contributed by atoms with Gasteiger partial charge in [0.25, 0.3) is 5.91 Å². The normalized spacial score (nSPS) is 26.7. The van der Waals surface area contributed by atoms with Crippen LogP contribution in [0.3, 0.4) is 0 Å². The molecule has 6 heteroatoms. The Bertz CT molecular complexity index is 828. The maximum absolute atomic E-state index is 13.5. The minimum Gasteiger partial charge on any atom is -0.389 e. The molecule has 1 aliphatic carbocycles. The average Bonchev–Trinajstić information content (AvgIpc) is 3.33. The van der Waals surface area contributed by atoms with E-state index in [1.54, 1.807) is 28.6 Å². The molecule has 0 radical (unpaired) electrons. The second kappa shape index (κ2) is 6.67. The van der Waals surface area contributed by atoms with Gasteiger partial charge in [0.2, 0.25) is 0 Å². The van der Waals surface area contributed by atoms with Crippen molar-refractivity contribution in [3.8, 4) is 0 Å². The highest BCUT2D eigenvalue weighted by atomic mass is 19.1. The van der Waals surface area contributed by atoms with E-state index < -0.39 is 6.10 Å². The monoisotopic (exact) mass is 359 g/mol. The summed E-state index contributed by atoms with van der Waals surface area (Å²) in [5.41, 5.74) is 1.34. The summed E-state index contributed by atoms with van der Waals surface area (Å²) in [4.78, 5) is 17.1. The van der Waals surface area contributed by atoms with Crippen LogP contribution < -0.4 is 0 Å². The fraction of sp³-hybridized carbons (Fsp3) is 0.550. The summed E-state index contributed by atoms with van der Waals surface area (Å²) in [5.74, 6) is -0.439. The van der Waals surface area contributed by atoms with Gasteiger partial charge in [-0.1, -0.05) is 0 Å². The Morgan fingerprint density at radius 2 is 1.96 bits per heavy atom. The summed E-state index contributed by atoms with van der Waals surface area (Å²) in [5, 5.41) is 11.5. The molecule has 1 N–H and O–H groups in total. The molecule has 140 valence electrons. The number of carbonyl (C=O) groups is 1. The van der Waals surface area contributed by atoms with E-state index in [-0.39, 0.29) is 23.8 Å². The summed E-state index contributed by atoms with van der Waals surface area (Å²) in [6.45, 7) is 2.09. The van der Waals surface area contributed by atoms with Crippen LogP contribution in [0.25, 0.3) is 10.9 Å². The summed E-state index contributed by atoms with van der Waals surface area (Å²) < 4.78 is 15.3. The molecule has 0 unspecified atom stereocenters. The minimum absolute atomic E-state index is 0.129. The molecule has 2 heterocycles. The number of likely N-dealkylation sites (N-methyl/N-ethyl adjacent to an activating group) is 1. The molecule has 1 aromatic carbocycles. The van der Waals surface area contributed by atoms with E-state index in [2.05, 4.69) is 4.90 Å². The van der Waals surface area contributed by atoms with Gasteiger partial charge in [-0.15, -0.1) is 0 Å². The third-order valence-electron chi connectivity index (χ3n) is 6.20. The molecule has 1 saturated heterocycles. The molecule has 3 atom stereocenters. The molecule has 2 aromatic rings. The van der Waals surface area contributed by atoms with Crippen LogP contribution in [-0.4, -0.2) is 63.7 Å². The van der Waals surface area contributed by atoms with Crippen LogP contribution in [0.4, 0.5) is 4.39 Å². The van der Waals surface area contributed by atoms with Crippen LogP contribution in [0, 0.1) is 5.82 Å². The smallest absolute Gasteiger partial charge is 0.270 e. The number of aryl methyl sites for hydroxylation is 1. The number of rotatable bonds is 3. The predicted octanol–water partition coefficient (Wildman–Crippen LogP) is 2.38. The first-order chi connectivity index (χ1) is 12.5. The molecule has 0 bridgehead atoms. The number of hydrogen-bond donors (Lipinski definition) is 1. The number of amides is 1. The fourth-order valence-corrected chi connectivity index (χ4v) is 4.69. The number of carbonyl (C=O) groups excluding carboxylic acids is 1. The number of fused-ring (bicyclic) bond motifs is 1. The molecule has 1 aromatic heterocycles. The second-order valence-electron chi connectivity index (χ2n) is 7.65. The Balaban J connectivity index is 1.55. The lowest BCUT2D eigenvalue weighted by atomic mass is 10.1. The predicted molar refractivity (Wildman–Crippen MR) is 98.6 cm³/mol. The quantitative estimate of drug-likeness (QED) is 0.915. The lowest BCUT2D eigenvalue weighted by Crippen LogP contribution is -2.48. The van der Waals surface area contributed by atoms with Crippen LogP contribution in [0.1, 0.15) is 36.2 Å². The average molecular weight is 359 g/mol. The van der Waals surface area contributed by atoms with Gasteiger partial charge in [-0.05, 0) is 63.0 Å². The van der Waals surface area contributed by atoms with Crippen molar-refractivity contribution in [2.75, 3.05) is 20.1 Å². The molecule has 1 amide bonds. The number of halogens is 1.